The van der Waals surface area contributed by atoms with E-state index >= 15 is 0 Å². The van der Waals surface area contributed by atoms with Gasteiger partial charge in [-0.15, -0.1) is 0 Å². The molecule has 1 fully saturated rings. The molecule has 94 valence electrons. The van der Waals surface area contributed by atoms with Gasteiger partial charge in [0.15, 0.2) is 5.69 Å². The molecule has 7 heteroatoms. The maximum absolute atomic E-state index is 11.8. The topological polar surface area (TPSA) is 87.0 Å². The normalized spacial score (nSPS) is 19.0. The molecule has 0 aromatic carbocycles. The van der Waals surface area contributed by atoms with Gasteiger partial charge in [-0.3, -0.25) is 4.79 Å². The summed E-state index contributed by atoms with van der Waals surface area (Å²) in [7, 11) is 0. The fourth-order valence-corrected chi connectivity index (χ4v) is 1.75. The van der Waals surface area contributed by atoms with Gasteiger partial charge in [-0.1, -0.05) is 11.6 Å². The Bertz CT molecular complexity index is 494. The number of nitrogens with zero attached hydrogens (tertiary/aromatic N) is 2. The number of nitrogens with one attached hydrogen (secondary N) is 2. The van der Waals surface area contributed by atoms with E-state index in [1.165, 1.54) is 12.3 Å². The van der Waals surface area contributed by atoms with Crippen molar-refractivity contribution in [3.8, 4) is 6.07 Å². The minimum Gasteiger partial charge on any atom is -0.366 e. The summed E-state index contributed by atoms with van der Waals surface area (Å²) in [5, 5.41) is 14.6. The van der Waals surface area contributed by atoms with E-state index in [1.807, 2.05) is 6.07 Å². The number of aromatic nitrogens is 1. The first kappa shape index (κ1) is 12.8. The number of morpholine rings is 1. The van der Waals surface area contributed by atoms with Crippen LogP contribution in [0.15, 0.2) is 12.3 Å². The number of rotatable bonds is 2. The van der Waals surface area contributed by atoms with Crippen LogP contribution in [0.5, 0.6) is 0 Å². The van der Waals surface area contributed by atoms with E-state index in [4.69, 9.17) is 21.6 Å². The molecule has 2 rings (SSSR count). The van der Waals surface area contributed by atoms with Crippen molar-refractivity contribution in [3.63, 3.8) is 0 Å². The second-order valence-electron chi connectivity index (χ2n) is 3.72. The molecule has 2 N–H and O–H groups in total. The lowest BCUT2D eigenvalue weighted by Crippen LogP contribution is -2.45. The highest BCUT2D eigenvalue weighted by molar-refractivity contribution is 6.31. The Morgan fingerprint density at radius 3 is 3.17 bits per heavy atom. The second-order valence-corrected chi connectivity index (χ2v) is 4.13. The first-order valence-corrected chi connectivity index (χ1v) is 5.77. The van der Waals surface area contributed by atoms with Crippen LogP contribution in [-0.4, -0.2) is 36.7 Å². The highest BCUT2D eigenvalue weighted by Crippen LogP contribution is 2.18. The fraction of sp³-hybridized carbons (Fsp3) is 0.364. The zero-order valence-corrected chi connectivity index (χ0v) is 10.2. The Balaban J connectivity index is 2.02. The van der Waals surface area contributed by atoms with Gasteiger partial charge in [0.2, 0.25) is 0 Å². The summed E-state index contributed by atoms with van der Waals surface area (Å²) in [5.41, 5.74) is 0.573. The van der Waals surface area contributed by atoms with Crippen molar-refractivity contribution < 1.29 is 9.53 Å². The number of hydrogen-bond donors (Lipinski definition) is 2. The van der Waals surface area contributed by atoms with E-state index in [1.54, 1.807) is 0 Å². The van der Waals surface area contributed by atoms with Crippen molar-refractivity contribution in [1.82, 2.24) is 10.3 Å². The van der Waals surface area contributed by atoms with Crippen LogP contribution in [-0.2, 0) is 9.53 Å². The number of nitriles is 1. The number of pyridine rings is 1. The molecule has 0 spiro atoms. The standard InChI is InChI=1S/C11H11ClN4O2/c12-8-3-7(5-15-9(8)4-13)16-11(17)10-6-14-1-2-18-10/h3,5,10,14H,1-2,6H2,(H,16,17). The number of hydrogen-bond acceptors (Lipinski definition) is 5. The molecule has 1 aromatic heterocycles. The van der Waals surface area contributed by atoms with Crippen molar-refractivity contribution in [2.45, 2.75) is 6.10 Å². The van der Waals surface area contributed by atoms with Gasteiger partial charge in [0.25, 0.3) is 5.91 Å². The molecular formula is C11H11ClN4O2. The zero-order chi connectivity index (χ0) is 13.0. The molecule has 1 aliphatic heterocycles. The Labute approximate surface area is 109 Å². The lowest BCUT2D eigenvalue weighted by atomic mass is 10.2. The molecule has 18 heavy (non-hydrogen) atoms. The van der Waals surface area contributed by atoms with Crippen molar-refractivity contribution >= 4 is 23.2 Å². The number of halogens is 1. The van der Waals surface area contributed by atoms with Crippen molar-refractivity contribution in [1.29, 1.82) is 5.26 Å². The number of ether oxygens (including phenoxy) is 1. The van der Waals surface area contributed by atoms with Crippen LogP contribution in [0.4, 0.5) is 5.69 Å². The van der Waals surface area contributed by atoms with Gasteiger partial charge in [-0.05, 0) is 6.07 Å². The van der Waals surface area contributed by atoms with Crippen LogP contribution in [0, 0.1) is 11.3 Å². The predicted molar refractivity (Wildman–Crippen MR) is 65.2 cm³/mol. The van der Waals surface area contributed by atoms with E-state index in [0.29, 0.717) is 18.8 Å². The summed E-state index contributed by atoms with van der Waals surface area (Å²) < 4.78 is 5.31. The molecule has 0 saturated carbocycles. The van der Waals surface area contributed by atoms with Gasteiger partial charge in [-0.25, -0.2) is 4.98 Å². The van der Waals surface area contributed by atoms with Crippen LogP contribution >= 0.6 is 11.6 Å². The molecule has 1 atom stereocenters. The van der Waals surface area contributed by atoms with Gasteiger partial charge in [-0.2, -0.15) is 5.26 Å². The van der Waals surface area contributed by atoms with Crippen molar-refractivity contribution in [2.75, 3.05) is 25.0 Å². The maximum Gasteiger partial charge on any atom is 0.254 e. The van der Waals surface area contributed by atoms with E-state index in [9.17, 15) is 4.79 Å². The lowest BCUT2D eigenvalue weighted by Gasteiger charge is -2.22. The quantitative estimate of drug-likeness (QED) is 0.816. The highest BCUT2D eigenvalue weighted by atomic mass is 35.5. The molecular weight excluding hydrogens is 256 g/mol. The monoisotopic (exact) mass is 266 g/mol. The smallest absolute Gasteiger partial charge is 0.254 e. The number of carbonyl (C=O) groups is 1. The minimum absolute atomic E-state index is 0.130. The van der Waals surface area contributed by atoms with Gasteiger partial charge >= 0.3 is 0 Å². The SMILES string of the molecule is N#Cc1ncc(NC(=O)C2CNCCO2)cc1Cl. The van der Waals surface area contributed by atoms with E-state index < -0.39 is 6.10 Å². The Kier molecular flexibility index (Phi) is 4.10. The van der Waals surface area contributed by atoms with E-state index in [-0.39, 0.29) is 16.6 Å². The Morgan fingerprint density at radius 1 is 1.72 bits per heavy atom. The molecule has 2 heterocycles. The predicted octanol–water partition coefficient (Wildman–Crippen LogP) is 0.534. The summed E-state index contributed by atoms with van der Waals surface area (Å²) in [4.78, 5) is 15.7. The van der Waals surface area contributed by atoms with Crippen LogP contribution < -0.4 is 10.6 Å². The third kappa shape index (κ3) is 2.96. The Hall–Kier alpha value is -1.68. The van der Waals surface area contributed by atoms with Gasteiger partial charge in [0.1, 0.15) is 12.2 Å². The number of carbonyl (C=O) groups excluding carboxylic acids is 1. The van der Waals surface area contributed by atoms with Crippen LogP contribution in [0.2, 0.25) is 5.02 Å². The second kappa shape index (κ2) is 5.78. The summed E-state index contributed by atoms with van der Waals surface area (Å²) in [6.07, 6.45) is 0.867. The largest absolute Gasteiger partial charge is 0.366 e. The number of anilines is 1. The third-order valence-electron chi connectivity index (χ3n) is 2.43. The molecule has 1 aromatic rings. The molecule has 0 bridgehead atoms. The van der Waals surface area contributed by atoms with E-state index in [2.05, 4.69) is 15.6 Å². The summed E-state index contributed by atoms with van der Waals surface area (Å²) in [6, 6.07) is 3.34. The molecule has 1 amide bonds. The van der Waals surface area contributed by atoms with Crippen LogP contribution in [0.1, 0.15) is 5.69 Å². The van der Waals surface area contributed by atoms with Gasteiger partial charge in [0.05, 0.1) is 23.5 Å². The molecule has 1 saturated heterocycles. The molecule has 6 nitrogen and oxygen atoms in total. The zero-order valence-electron chi connectivity index (χ0n) is 9.44. The van der Waals surface area contributed by atoms with Crippen molar-refractivity contribution in [3.05, 3.63) is 23.0 Å². The van der Waals surface area contributed by atoms with Gasteiger partial charge in [0, 0.05) is 13.1 Å². The van der Waals surface area contributed by atoms with E-state index in [0.717, 1.165) is 6.54 Å². The summed E-state index contributed by atoms with van der Waals surface area (Å²) in [6.45, 7) is 1.72. The van der Waals surface area contributed by atoms with Gasteiger partial charge < -0.3 is 15.4 Å². The number of amides is 1. The van der Waals surface area contributed by atoms with Crippen LogP contribution in [0.25, 0.3) is 0 Å². The Morgan fingerprint density at radius 2 is 2.56 bits per heavy atom. The van der Waals surface area contributed by atoms with Crippen molar-refractivity contribution in [2.24, 2.45) is 0 Å². The first-order valence-electron chi connectivity index (χ1n) is 5.39. The molecule has 0 aliphatic carbocycles. The minimum atomic E-state index is -0.520. The maximum atomic E-state index is 11.8. The molecule has 1 aliphatic rings. The fourth-order valence-electron chi connectivity index (χ4n) is 1.55. The molecule has 1 unspecified atom stereocenters. The lowest BCUT2D eigenvalue weighted by molar-refractivity contribution is -0.128. The summed E-state index contributed by atoms with van der Waals surface area (Å²) >= 11 is 5.82. The average Bonchev–Trinajstić information content (AvgIpc) is 2.40. The summed E-state index contributed by atoms with van der Waals surface area (Å²) in [5.74, 6) is -0.259. The first-order chi connectivity index (χ1) is 8.70. The van der Waals surface area contributed by atoms with Crippen LogP contribution in [0.3, 0.4) is 0 Å². The third-order valence-corrected chi connectivity index (χ3v) is 2.72. The average molecular weight is 267 g/mol. The molecule has 0 radical (unpaired) electrons. The highest BCUT2D eigenvalue weighted by Gasteiger charge is 2.21.